The van der Waals surface area contributed by atoms with E-state index in [0.717, 1.165) is 19.5 Å². The lowest BCUT2D eigenvalue weighted by molar-refractivity contribution is -0.120. The lowest BCUT2D eigenvalue weighted by Gasteiger charge is -2.23. The van der Waals surface area contributed by atoms with E-state index < -0.39 is 0 Å². The third kappa shape index (κ3) is 1.59. The van der Waals surface area contributed by atoms with Crippen molar-refractivity contribution < 1.29 is 4.79 Å². The van der Waals surface area contributed by atoms with Crippen LogP contribution >= 0.6 is 11.8 Å². The van der Waals surface area contributed by atoms with Crippen molar-refractivity contribution in [2.75, 3.05) is 19.3 Å². The first-order chi connectivity index (χ1) is 5.25. The Morgan fingerprint density at radius 1 is 1.73 bits per heavy atom. The monoisotopic (exact) mass is 173 g/mol. The molecule has 0 saturated carbocycles. The molecule has 1 rings (SSSR count). The molecule has 0 amide bonds. The summed E-state index contributed by atoms with van der Waals surface area (Å²) in [6, 6.07) is 0. The highest BCUT2D eigenvalue weighted by Gasteiger charge is 2.38. The molecule has 1 heterocycles. The lowest BCUT2D eigenvalue weighted by atomic mass is 10.0. The average molecular weight is 173 g/mol. The molecule has 1 aliphatic heterocycles. The second kappa shape index (κ2) is 3.59. The zero-order valence-corrected chi connectivity index (χ0v) is 7.96. The molecule has 1 fully saturated rings. The van der Waals surface area contributed by atoms with Crippen LogP contribution in [0.1, 0.15) is 19.8 Å². The van der Waals surface area contributed by atoms with Crippen molar-refractivity contribution in [3.63, 3.8) is 0 Å². The molecular formula is C8H15NOS. The third-order valence-electron chi connectivity index (χ3n) is 2.34. The summed E-state index contributed by atoms with van der Waals surface area (Å²) >= 11 is 1.70. The van der Waals surface area contributed by atoms with Gasteiger partial charge in [-0.05, 0) is 19.2 Å². The molecule has 2 nitrogen and oxygen atoms in total. The Bertz CT molecular complexity index is 152. The topological polar surface area (TPSA) is 29.1 Å². The fourth-order valence-electron chi connectivity index (χ4n) is 1.52. The maximum Gasteiger partial charge on any atom is 0.149 e. The van der Waals surface area contributed by atoms with E-state index in [-0.39, 0.29) is 4.75 Å². The van der Waals surface area contributed by atoms with Gasteiger partial charge in [-0.25, -0.2) is 0 Å². The Kier molecular flexibility index (Phi) is 2.96. The van der Waals surface area contributed by atoms with E-state index in [2.05, 4.69) is 5.32 Å². The van der Waals surface area contributed by atoms with Crippen LogP contribution in [-0.2, 0) is 4.79 Å². The first-order valence-electron chi connectivity index (χ1n) is 4.04. The van der Waals surface area contributed by atoms with Crippen LogP contribution in [0.25, 0.3) is 0 Å². The van der Waals surface area contributed by atoms with Crippen LogP contribution in [0.2, 0.25) is 0 Å². The van der Waals surface area contributed by atoms with Crippen molar-refractivity contribution >= 4 is 17.5 Å². The van der Waals surface area contributed by atoms with Crippen LogP contribution in [0.4, 0.5) is 0 Å². The van der Waals surface area contributed by atoms with Gasteiger partial charge in [-0.1, -0.05) is 6.92 Å². The smallest absolute Gasteiger partial charge is 0.149 e. The first-order valence-corrected chi connectivity index (χ1v) is 5.27. The summed E-state index contributed by atoms with van der Waals surface area (Å²) < 4.78 is -0.0885. The number of thioether (sulfide) groups is 1. The molecule has 0 aliphatic carbocycles. The van der Waals surface area contributed by atoms with Gasteiger partial charge >= 0.3 is 0 Å². The van der Waals surface area contributed by atoms with Crippen LogP contribution in [0, 0.1) is 0 Å². The summed E-state index contributed by atoms with van der Waals surface area (Å²) in [5, 5.41) is 3.24. The molecule has 1 saturated heterocycles. The zero-order valence-electron chi connectivity index (χ0n) is 7.14. The van der Waals surface area contributed by atoms with Crippen LogP contribution in [-0.4, -0.2) is 29.9 Å². The number of carbonyl (C=O) groups excluding carboxylic acids is 1. The minimum Gasteiger partial charge on any atom is -0.315 e. The summed E-state index contributed by atoms with van der Waals surface area (Å²) in [5.74, 6) is 0.398. The van der Waals surface area contributed by atoms with Crippen molar-refractivity contribution in [3.05, 3.63) is 0 Å². The van der Waals surface area contributed by atoms with Gasteiger partial charge in [0.1, 0.15) is 5.78 Å². The highest BCUT2D eigenvalue weighted by atomic mass is 32.2. The number of carbonyl (C=O) groups is 1. The molecule has 0 bridgehead atoms. The largest absolute Gasteiger partial charge is 0.315 e. The molecule has 0 spiro atoms. The number of hydrogen-bond acceptors (Lipinski definition) is 3. The van der Waals surface area contributed by atoms with Crippen molar-refractivity contribution in [3.8, 4) is 0 Å². The van der Waals surface area contributed by atoms with E-state index in [0.29, 0.717) is 12.2 Å². The number of hydrogen-bond donors (Lipinski definition) is 1. The number of nitrogens with one attached hydrogen (secondary N) is 1. The van der Waals surface area contributed by atoms with Gasteiger partial charge in [0, 0.05) is 13.0 Å². The van der Waals surface area contributed by atoms with Crippen molar-refractivity contribution in [1.82, 2.24) is 5.32 Å². The Hall–Kier alpha value is -0.0200. The maximum atomic E-state index is 11.5. The van der Waals surface area contributed by atoms with Crippen LogP contribution in [0.15, 0.2) is 0 Å². The molecule has 1 aliphatic rings. The summed E-state index contributed by atoms with van der Waals surface area (Å²) in [7, 11) is 0. The van der Waals surface area contributed by atoms with Crippen LogP contribution < -0.4 is 5.32 Å². The Balaban J connectivity index is 2.66. The van der Waals surface area contributed by atoms with E-state index in [1.807, 2.05) is 13.2 Å². The van der Waals surface area contributed by atoms with Gasteiger partial charge in [-0.2, -0.15) is 0 Å². The highest BCUT2D eigenvalue weighted by molar-refractivity contribution is 8.00. The predicted molar refractivity (Wildman–Crippen MR) is 49.0 cm³/mol. The SMILES string of the molecule is CCC(=O)C1(SC)CCNC1. The van der Waals surface area contributed by atoms with Crippen LogP contribution in [0.5, 0.6) is 0 Å². The predicted octanol–water partition coefficient (Wildman–Crippen LogP) is 1.06. The van der Waals surface area contributed by atoms with Crippen molar-refractivity contribution in [1.29, 1.82) is 0 Å². The van der Waals surface area contributed by atoms with Gasteiger partial charge in [0.05, 0.1) is 4.75 Å². The Labute approximate surface area is 72.1 Å². The second-order valence-electron chi connectivity index (χ2n) is 2.90. The summed E-state index contributed by atoms with van der Waals surface area (Å²) in [4.78, 5) is 11.5. The van der Waals surface area contributed by atoms with Gasteiger partial charge < -0.3 is 5.32 Å². The van der Waals surface area contributed by atoms with Gasteiger partial charge in [0.25, 0.3) is 0 Å². The zero-order chi connectivity index (χ0) is 8.32. The summed E-state index contributed by atoms with van der Waals surface area (Å²) in [6.07, 6.45) is 3.70. The molecular weight excluding hydrogens is 158 g/mol. The molecule has 1 N–H and O–H groups in total. The highest BCUT2D eigenvalue weighted by Crippen LogP contribution is 2.31. The standard InChI is InChI=1S/C8H15NOS/c1-3-7(10)8(11-2)4-5-9-6-8/h9H,3-6H2,1-2H3. The molecule has 0 radical (unpaired) electrons. The lowest BCUT2D eigenvalue weighted by Crippen LogP contribution is -2.36. The van der Waals surface area contributed by atoms with Crippen LogP contribution in [0.3, 0.4) is 0 Å². The molecule has 11 heavy (non-hydrogen) atoms. The number of ketones is 1. The second-order valence-corrected chi connectivity index (χ2v) is 4.09. The summed E-state index contributed by atoms with van der Waals surface area (Å²) in [5.41, 5.74) is 0. The van der Waals surface area contributed by atoms with E-state index >= 15 is 0 Å². The fourth-order valence-corrected chi connectivity index (χ4v) is 2.44. The van der Waals surface area contributed by atoms with E-state index in [1.54, 1.807) is 11.8 Å². The quantitative estimate of drug-likeness (QED) is 0.692. The van der Waals surface area contributed by atoms with E-state index in [9.17, 15) is 4.79 Å². The van der Waals surface area contributed by atoms with E-state index in [1.165, 1.54) is 0 Å². The van der Waals surface area contributed by atoms with Gasteiger partial charge in [0.15, 0.2) is 0 Å². The maximum absolute atomic E-state index is 11.5. The van der Waals surface area contributed by atoms with Crippen molar-refractivity contribution in [2.45, 2.75) is 24.5 Å². The molecule has 0 aromatic carbocycles. The summed E-state index contributed by atoms with van der Waals surface area (Å²) in [6.45, 7) is 3.80. The fraction of sp³-hybridized carbons (Fsp3) is 0.875. The third-order valence-corrected chi connectivity index (χ3v) is 3.69. The first kappa shape index (κ1) is 9.07. The molecule has 3 heteroatoms. The Morgan fingerprint density at radius 2 is 2.45 bits per heavy atom. The Morgan fingerprint density at radius 3 is 2.82 bits per heavy atom. The van der Waals surface area contributed by atoms with Gasteiger partial charge in [-0.3, -0.25) is 4.79 Å². The molecule has 64 valence electrons. The normalized spacial score (nSPS) is 30.7. The minimum absolute atomic E-state index is 0.0885. The number of rotatable bonds is 3. The minimum atomic E-state index is -0.0885. The van der Waals surface area contributed by atoms with Gasteiger partial charge in [-0.15, -0.1) is 11.8 Å². The molecule has 1 unspecified atom stereocenters. The molecule has 0 aromatic heterocycles. The van der Waals surface area contributed by atoms with Gasteiger partial charge in [0.2, 0.25) is 0 Å². The van der Waals surface area contributed by atoms with Crippen molar-refractivity contribution in [2.24, 2.45) is 0 Å². The number of Topliss-reactive ketones (excluding diaryl/α,β-unsaturated/α-hetero) is 1. The van der Waals surface area contributed by atoms with E-state index in [4.69, 9.17) is 0 Å². The molecule has 1 atom stereocenters. The molecule has 0 aromatic rings. The average Bonchev–Trinajstić information content (AvgIpc) is 2.52.